The van der Waals surface area contributed by atoms with Crippen LogP contribution in [-0.2, 0) is 10.0 Å². The van der Waals surface area contributed by atoms with Crippen molar-refractivity contribution in [2.75, 3.05) is 0 Å². The number of hydroxylamine groups is 1. The molecule has 0 amide bonds. The number of nitrogens with zero attached hydrogens (tertiary/aromatic N) is 2. The quantitative estimate of drug-likeness (QED) is 0.446. The monoisotopic (exact) mass is 239 g/mol. The standard InChI is InChI=1S/C9H9N3O3S/c1-7-2-4-8(5-3-7)16(14,15)12-9(6-10)11-13/h2-5,13H,1H3,(H,11,12). The number of rotatable bonds is 2. The molecule has 2 N–H and O–H groups in total. The minimum Gasteiger partial charge on any atom is -0.289 e. The van der Waals surface area contributed by atoms with Crippen molar-refractivity contribution in [2.24, 2.45) is 4.40 Å². The predicted molar refractivity (Wildman–Crippen MR) is 56.3 cm³/mol. The second-order valence-corrected chi connectivity index (χ2v) is 4.56. The van der Waals surface area contributed by atoms with E-state index in [0.717, 1.165) is 5.56 Å². The van der Waals surface area contributed by atoms with Gasteiger partial charge in [-0.3, -0.25) is 5.21 Å². The molecule has 1 aromatic carbocycles. The minimum absolute atomic E-state index is 0.0406. The zero-order valence-electron chi connectivity index (χ0n) is 8.38. The van der Waals surface area contributed by atoms with Crippen molar-refractivity contribution < 1.29 is 13.6 Å². The number of nitriles is 1. The third kappa shape index (κ3) is 2.79. The number of nitrogens with one attached hydrogen (secondary N) is 1. The van der Waals surface area contributed by atoms with Crippen molar-refractivity contribution >= 4 is 15.9 Å². The van der Waals surface area contributed by atoms with E-state index in [2.05, 4.69) is 4.40 Å². The Labute approximate surface area is 92.9 Å². The highest BCUT2D eigenvalue weighted by atomic mass is 32.2. The second kappa shape index (κ2) is 4.74. The lowest BCUT2D eigenvalue weighted by molar-refractivity contribution is 0.236. The topological polar surface area (TPSA) is 103 Å². The summed E-state index contributed by atoms with van der Waals surface area (Å²) in [4.78, 5) is -0.0406. The van der Waals surface area contributed by atoms with Crippen LogP contribution in [0.3, 0.4) is 0 Å². The number of hydrogen-bond donors (Lipinski definition) is 2. The molecular weight excluding hydrogens is 230 g/mol. The highest BCUT2D eigenvalue weighted by Crippen LogP contribution is 2.12. The van der Waals surface area contributed by atoms with E-state index >= 15 is 0 Å². The zero-order valence-corrected chi connectivity index (χ0v) is 9.19. The fraction of sp³-hybridized carbons (Fsp3) is 0.111. The Morgan fingerprint density at radius 3 is 2.44 bits per heavy atom. The van der Waals surface area contributed by atoms with Gasteiger partial charge in [-0.15, -0.1) is 4.40 Å². The minimum atomic E-state index is -3.96. The van der Waals surface area contributed by atoms with Crippen molar-refractivity contribution in [3.8, 4) is 6.07 Å². The first-order chi connectivity index (χ1) is 7.49. The highest BCUT2D eigenvalue weighted by molar-refractivity contribution is 7.90. The van der Waals surface area contributed by atoms with Crippen LogP contribution in [0.15, 0.2) is 33.6 Å². The molecule has 6 nitrogen and oxygen atoms in total. The molecule has 0 saturated heterocycles. The molecule has 7 heteroatoms. The van der Waals surface area contributed by atoms with Gasteiger partial charge >= 0.3 is 0 Å². The summed E-state index contributed by atoms with van der Waals surface area (Å²) in [6.45, 7) is 1.82. The van der Waals surface area contributed by atoms with Crippen molar-refractivity contribution in [3.05, 3.63) is 29.8 Å². The van der Waals surface area contributed by atoms with Gasteiger partial charge in [0.15, 0.2) is 0 Å². The molecule has 16 heavy (non-hydrogen) atoms. The molecule has 0 saturated carbocycles. The molecule has 0 aliphatic rings. The highest BCUT2D eigenvalue weighted by Gasteiger charge is 2.13. The first kappa shape index (κ1) is 12.2. The molecule has 0 bridgehead atoms. The lowest BCUT2D eigenvalue weighted by atomic mass is 10.2. The molecule has 0 aromatic heterocycles. The zero-order chi connectivity index (χ0) is 12.2. The van der Waals surface area contributed by atoms with Gasteiger partial charge in [-0.25, -0.2) is 5.48 Å². The molecule has 0 aliphatic heterocycles. The van der Waals surface area contributed by atoms with Crippen LogP contribution >= 0.6 is 0 Å². The van der Waals surface area contributed by atoms with E-state index in [1.807, 2.05) is 6.92 Å². The summed E-state index contributed by atoms with van der Waals surface area (Å²) in [6, 6.07) is 7.37. The Hall–Kier alpha value is -1.91. The van der Waals surface area contributed by atoms with Crippen molar-refractivity contribution in [1.29, 1.82) is 5.26 Å². The maximum Gasteiger partial charge on any atom is 0.284 e. The summed E-state index contributed by atoms with van der Waals surface area (Å²) in [5, 5.41) is 16.8. The molecule has 0 spiro atoms. The molecule has 0 aliphatic carbocycles. The smallest absolute Gasteiger partial charge is 0.284 e. The van der Waals surface area contributed by atoms with Gasteiger partial charge in [0.2, 0.25) is 5.84 Å². The molecule has 1 aromatic rings. The summed E-state index contributed by atoms with van der Waals surface area (Å²) in [5.74, 6) is -0.680. The third-order valence-electron chi connectivity index (χ3n) is 1.74. The van der Waals surface area contributed by atoms with Gasteiger partial charge in [0, 0.05) is 0 Å². The lowest BCUT2D eigenvalue weighted by Gasteiger charge is -1.99. The van der Waals surface area contributed by atoms with Crippen LogP contribution in [0.1, 0.15) is 5.56 Å². The van der Waals surface area contributed by atoms with E-state index in [4.69, 9.17) is 10.5 Å². The van der Waals surface area contributed by atoms with Gasteiger partial charge in [-0.2, -0.15) is 13.7 Å². The molecule has 0 heterocycles. The average molecular weight is 239 g/mol. The molecule has 0 radical (unpaired) electrons. The fourth-order valence-electron chi connectivity index (χ4n) is 0.949. The summed E-state index contributed by atoms with van der Waals surface area (Å²) in [5.41, 5.74) is 2.30. The largest absolute Gasteiger partial charge is 0.289 e. The van der Waals surface area contributed by atoms with Crippen LogP contribution in [0.5, 0.6) is 0 Å². The van der Waals surface area contributed by atoms with Gasteiger partial charge in [-0.05, 0) is 19.1 Å². The van der Waals surface area contributed by atoms with Crippen LogP contribution in [0.2, 0.25) is 0 Å². The first-order valence-electron chi connectivity index (χ1n) is 4.21. The van der Waals surface area contributed by atoms with E-state index in [1.54, 1.807) is 12.1 Å². The summed E-state index contributed by atoms with van der Waals surface area (Å²) >= 11 is 0. The Kier molecular flexibility index (Phi) is 3.60. The Morgan fingerprint density at radius 2 is 2.00 bits per heavy atom. The Balaban J connectivity index is 3.18. The van der Waals surface area contributed by atoms with E-state index in [0.29, 0.717) is 0 Å². The Morgan fingerprint density at radius 1 is 1.44 bits per heavy atom. The molecule has 0 atom stereocenters. The number of hydrogen-bond acceptors (Lipinski definition) is 4. The van der Waals surface area contributed by atoms with Gasteiger partial charge in [0.05, 0.1) is 4.90 Å². The van der Waals surface area contributed by atoms with E-state index in [-0.39, 0.29) is 4.90 Å². The molecule has 0 fully saturated rings. The number of amidine groups is 1. The lowest BCUT2D eigenvalue weighted by Crippen LogP contribution is -2.18. The van der Waals surface area contributed by atoms with Gasteiger partial charge in [-0.1, -0.05) is 17.7 Å². The van der Waals surface area contributed by atoms with Crippen molar-refractivity contribution in [2.45, 2.75) is 11.8 Å². The molecule has 0 unspecified atom stereocenters. The normalized spacial score (nSPS) is 11.9. The molecule has 84 valence electrons. The Bertz CT molecular complexity index is 540. The summed E-state index contributed by atoms with van der Waals surface area (Å²) in [7, 11) is -3.96. The van der Waals surface area contributed by atoms with E-state index in [9.17, 15) is 8.42 Å². The summed E-state index contributed by atoms with van der Waals surface area (Å²) in [6.07, 6.45) is 0. The van der Waals surface area contributed by atoms with Crippen molar-refractivity contribution in [1.82, 2.24) is 5.48 Å². The average Bonchev–Trinajstić information content (AvgIpc) is 2.26. The number of benzene rings is 1. The molecule has 1 rings (SSSR count). The van der Waals surface area contributed by atoms with Crippen LogP contribution in [-0.4, -0.2) is 19.5 Å². The maximum atomic E-state index is 11.6. The van der Waals surface area contributed by atoms with Crippen LogP contribution < -0.4 is 5.48 Å². The third-order valence-corrected chi connectivity index (χ3v) is 3.03. The SMILES string of the molecule is Cc1ccc(S(=O)(=O)/N=C(\C#N)NO)cc1. The van der Waals surface area contributed by atoms with E-state index in [1.165, 1.54) is 23.7 Å². The fourth-order valence-corrected chi connectivity index (χ4v) is 1.86. The predicted octanol–water partition coefficient (Wildman–Crippen LogP) is 0.585. The van der Waals surface area contributed by atoms with Gasteiger partial charge in [0.1, 0.15) is 6.07 Å². The van der Waals surface area contributed by atoms with Crippen molar-refractivity contribution in [3.63, 3.8) is 0 Å². The number of sulfonamides is 1. The van der Waals surface area contributed by atoms with Crippen LogP contribution in [0, 0.1) is 18.3 Å². The van der Waals surface area contributed by atoms with Gasteiger partial charge in [0.25, 0.3) is 10.0 Å². The summed E-state index contributed by atoms with van der Waals surface area (Å²) < 4.78 is 26.3. The van der Waals surface area contributed by atoms with Crippen LogP contribution in [0.4, 0.5) is 0 Å². The number of aryl methyl sites for hydroxylation is 1. The maximum absolute atomic E-state index is 11.6. The second-order valence-electron chi connectivity index (χ2n) is 2.95. The molecular formula is C9H9N3O3S. The van der Waals surface area contributed by atoms with Crippen LogP contribution in [0.25, 0.3) is 0 Å². The van der Waals surface area contributed by atoms with Gasteiger partial charge < -0.3 is 0 Å². The van der Waals surface area contributed by atoms with E-state index < -0.39 is 15.9 Å². The first-order valence-corrected chi connectivity index (χ1v) is 5.65.